The number of nitrogens with one attached hydrogen (secondary N) is 7. The van der Waals surface area contributed by atoms with E-state index in [2.05, 4.69) is 56.9 Å². The zero-order chi connectivity index (χ0) is 80.7. The molecule has 3 fully saturated rings. The first-order chi connectivity index (χ1) is 53.8. The zero-order valence-electron chi connectivity index (χ0n) is 63.1. The number of carbonyl (C=O) groups excluding carboxylic acids is 12. The molecular weight excluding hydrogens is 1520 g/mol. The summed E-state index contributed by atoms with van der Waals surface area (Å²) in [4.78, 5) is 184. The van der Waals surface area contributed by atoms with Gasteiger partial charge in [0.1, 0.15) is 61.5 Å². The Labute approximate surface area is 664 Å². The van der Waals surface area contributed by atoms with Gasteiger partial charge in [-0.3, -0.25) is 48.1 Å². The van der Waals surface area contributed by atoms with Gasteiger partial charge in [-0.05, 0) is 124 Å². The van der Waals surface area contributed by atoms with Gasteiger partial charge in [-0.15, -0.1) is 11.8 Å². The minimum atomic E-state index is -1.53. The summed E-state index contributed by atoms with van der Waals surface area (Å²) < 4.78 is 16.6. The van der Waals surface area contributed by atoms with E-state index in [0.29, 0.717) is 60.3 Å². The molecule has 4 aromatic carbocycles. The number of hydrogen-bond acceptors (Lipinski definition) is 22. The monoisotopic (exact) mass is 1620 g/mol. The molecule has 0 bridgehead atoms. The minimum absolute atomic E-state index is 0.0173. The van der Waals surface area contributed by atoms with Gasteiger partial charge < -0.3 is 71.5 Å². The Hall–Kier alpha value is -10.2. The molecule has 3 aliphatic rings. The predicted molar refractivity (Wildman–Crippen MR) is 427 cm³/mol. The predicted octanol–water partition coefficient (Wildman–Crippen LogP) is 8.60. The third-order valence-electron chi connectivity index (χ3n) is 18.3. The number of ether oxygens (including phenoxy) is 3. The number of amides is 10. The topological polar surface area (TPSA) is 457 Å². The third kappa shape index (κ3) is 27.6. The van der Waals surface area contributed by atoms with Crippen LogP contribution in [0.5, 0.6) is 0 Å². The number of likely N-dealkylation sites (tertiary alicyclic amines) is 2. The SMILES string of the molecule is CN(C)CCCC[C@H](NC(=O)[C@H](CSSC(C)(C)C)NC(=O)OCc1ccc(N=[N+]=[N-])cc1)C(=O)N[C@@H](Cc1c[nH]c2ccccc12)C(=O)OCC(=O)N1CCC[C@H]1C(=O)N[C@@H](CCCCNC(=O)C1CSCN1C(=O)OCc1ccc(N=[N+]=[N-])cc1)C(=O)N[C@@H](CC(=O)SCc1ccccc1)C(=O)N1CCC[C@H]1C(N)=O. The van der Waals surface area contributed by atoms with Gasteiger partial charge in [-0.1, -0.05) is 161 Å². The molecule has 4 heterocycles. The summed E-state index contributed by atoms with van der Waals surface area (Å²) in [7, 11) is 6.58. The van der Waals surface area contributed by atoms with Gasteiger partial charge in [0.05, 0.1) is 5.88 Å². The van der Waals surface area contributed by atoms with Gasteiger partial charge in [0.25, 0.3) is 5.91 Å². The maximum absolute atomic E-state index is 14.9. The summed E-state index contributed by atoms with van der Waals surface area (Å²) >= 11 is 2.28. The van der Waals surface area contributed by atoms with Crippen LogP contribution in [0.15, 0.2) is 120 Å². The van der Waals surface area contributed by atoms with Crippen LogP contribution in [0.4, 0.5) is 21.0 Å². The van der Waals surface area contributed by atoms with Crippen LogP contribution in [0, 0.1) is 0 Å². The number of para-hydroxylation sites is 1. The number of primary amides is 1. The Morgan fingerprint density at radius 2 is 1.25 bits per heavy atom. The molecule has 9 N–H and O–H groups in total. The van der Waals surface area contributed by atoms with E-state index in [1.54, 1.807) is 60.8 Å². The van der Waals surface area contributed by atoms with E-state index >= 15 is 0 Å². The van der Waals surface area contributed by atoms with Crippen LogP contribution in [-0.4, -0.2) is 212 Å². The Bertz CT molecular complexity index is 4200. The molecule has 8 atom stereocenters. The molecule has 600 valence electrons. The van der Waals surface area contributed by atoms with E-state index in [0.717, 1.165) is 28.2 Å². The number of carbonyl (C=O) groups is 12. The van der Waals surface area contributed by atoms with Crippen LogP contribution in [0.2, 0.25) is 0 Å². The van der Waals surface area contributed by atoms with E-state index < -0.39 is 132 Å². The van der Waals surface area contributed by atoms with Crippen LogP contribution in [0.3, 0.4) is 0 Å². The van der Waals surface area contributed by atoms with E-state index in [1.165, 1.54) is 48.0 Å². The molecule has 1 unspecified atom stereocenters. The highest BCUT2D eigenvalue weighted by atomic mass is 33.1. The highest BCUT2D eigenvalue weighted by molar-refractivity contribution is 8.77. The molecule has 0 spiro atoms. The zero-order valence-corrected chi connectivity index (χ0v) is 66.3. The average Bonchev–Trinajstić information content (AvgIpc) is 1.66. The molecule has 0 aliphatic carbocycles. The first-order valence-corrected chi connectivity index (χ1v) is 41.2. The summed E-state index contributed by atoms with van der Waals surface area (Å²) in [5.74, 6) is -6.22. The number of esters is 1. The van der Waals surface area contributed by atoms with Crippen LogP contribution in [0.1, 0.15) is 114 Å². The second-order valence-electron chi connectivity index (χ2n) is 28.2. The standard InChI is InChI=1S/C75H96N18O15S4/c1-75(2,3)112-111-44-59(85-73(104)107-40-47-25-29-51(30-26-47)86-88-77)68(99)81-55(22-12-14-34-90(4)5)67(98)84-58(37-50-39-80-54-20-10-9-19-53(50)54)72(103)106-42-63(94)91-35-16-24-61(91)70(101)82-56(21-11-13-33-79-69(100)62-45-109-46-93(62)74(105)108-41-48-27-31-52(32-28-48)87-89-78)66(97)83-57(71(102)92-36-15-23-60(92)65(76)96)38-64(95)110-43-49-17-7-6-8-18-49/h6-10,17-20,25-32,39,55-62,80H,11-16,21-24,33-38,40-46H2,1-5H3,(H2,76,96)(H,79,100)(H,81,99)(H,82,101)(H,83,97)(H,84,98)(H,85,104)/t55-,56-,57-,58-,59-,60-,61-,62?/m0/s1. The number of nitrogens with zero attached hydrogens (tertiary/aromatic N) is 10. The molecule has 33 nitrogen and oxygen atoms in total. The number of H-pyrrole nitrogens is 1. The fourth-order valence-corrected chi connectivity index (χ4v) is 17.0. The molecule has 3 saturated heterocycles. The number of fused-ring (bicyclic) bond motifs is 1. The number of unbranched alkanes of at least 4 members (excludes halogenated alkanes) is 2. The van der Waals surface area contributed by atoms with Crippen LogP contribution in [-0.2, 0) is 87.5 Å². The van der Waals surface area contributed by atoms with Gasteiger partial charge >= 0.3 is 18.2 Å². The van der Waals surface area contributed by atoms with Crippen molar-refractivity contribution >= 4 is 138 Å². The molecule has 8 rings (SSSR count). The van der Waals surface area contributed by atoms with Crippen molar-refractivity contribution in [2.75, 3.05) is 64.3 Å². The van der Waals surface area contributed by atoms with E-state index in [-0.39, 0.29) is 106 Å². The van der Waals surface area contributed by atoms with Crippen molar-refractivity contribution in [3.05, 3.63) is 152 Å². The van der Waals surface area contributed by atoms with Crippen molar-refractivity contribution in [3.8, 4) is 0 Å². The van der Waals surface area contributed by atoms with Crippen molar-refractivity contribution in [3.63, 3.8) is 0 Å². The Morgan fingerprint density at radius 1 is 0.652 bits per heavy atom. The van der Waals surface area contributed by atoms with E-state index in [1.807, 2.05) is 88.3 Å². The third-order valence-corrected chi connectivity index (χ3v) is 23.7. The molecule has 10 amide bonds. The van der Waals surface area contributed by atoms with Gasteiger partial charge in [0.2, 0.25) is 41.4 Å². The lowest BCUT2D eigenvalue weighted by Crippen LogP contribution is -2.58. The minimum Gasteiger partial charge on any atom is -0.454 e. The van der Waals surface area contributed by atoms with Gasteiger partial charge in [-0.25, -0.2) is 14.4 Å². The van der Waals surface area contributed by atoms with Crippen molar-refractivity contribution in [2.45, 2.75) is 170 Å². The molecule has 5 aromatic rings. The highest BCUT2D eigenvalue weighted by Gasteiger charge is 2.42. The maximum atomic E-state index is 14.9. The first kappa shape index (κ1) is 87.4. The fraction of sp³-hybridized carbons (Fsp3) is 0.493. The van der Waals surface area contributed by atoms with Gasteiger partial charge in [-0.2, -0.15) is 0 Å². The Balaban J connectivity index is 0.970. The van der Waals surface area contributed by atoms with E-state index in [4.69, 9.17) is 31.0 Å². The molecular formula is C75H96N18O15S4. The van der Waals surface area contributed by atoms with Crippen molar-refractivity contribution in [1.82, 2.24) is 56.5 Å². The highest BCUT2D eigenvalue weighted by Crippen LogP contribution is 2.36. The number of nitrogens with two attached hydrogens (primary N) is 1. The quantitative estimate of drug-likeness (QED) is 0.00346. The first-order valence-electron chi connectivity index (χ1n) is 36.7. The van der Waals surface area contributed by atoms with Crippen LogP contribution >= 0.6 is 45.1 Å². The molecule has 1 aromatic heterocycles. The normalized spacial score (nSPS) is 16.6. The number of aromatic nitrogens is 1. The van der Waals surface area contributed by atoms with Crippen LogP contribution in [0.25, 0.3) is 31.8 Å². The summed E-state index contributed by atoms with van der Waals surface area (Å²) in [6.45, 7) is 5.57. The number of rotatable bonds is 40. The second-order valence-corrected chi connectivity index (χ2v) is 33.4. The number of benzene rings is 4. The largest absolute Gasteiger partial charge is 0.454 e. The summed E-state index contributed by atoms with van der Waals surface area (Å²) in [6.07, 6.45) is 1.86. The number of thioether (sulfide) groups is 2. The molecule has 37 heteroatoms. The van der Waals surface area contributed by atoms with Gasteiger partial charge in [0.15, 0.2) is 11.7 Å². The Kier molecular flexibility index (Phi) is 34.5. The number of alkyl carbamates (subject to hydrolysis) is 1. The lowest BCUT2D eigenvalue weighted by atomic mass is 10.0. The maximum Gasteiger partial charge on any atom is 0.411 e. The van der Waals surface area contributed by atoms with Crippen molar-refractivity contribution in [2.24, 2.45) is 16.0 Å². The molecule has 3 aliphatic heterocycles. The summed E-state index contributed by atoms with van der Waals surface area (Å²) in [5, 5.41) is 24.0. The molecule has 0 radical (unpaired) electrons. The van der Waals surface area contributed by atoms with Crippen molar-refractivity contribution in [1.29, 1.82) is 0 Å². The molecule has 0 saturated carbocycles. The Morgan fingerprint density at radius 3 is 1.90 bits per heavy atom. The second kappa shape index (κ2) is 44.2. The lowest BCUT2D eigenvalue weighted by Gasteiger charge is -2.30. The smallest absolute Gasteiger partial charge is 0.411 e. The number of aromatic amines is 1. The van der Waals surface area contributed by atoms with Crippen LogP contribution < -0.4 is 37.6 Å². The molecule has 112 heavy (non-hydrogen) atoms. The lowest BCUT2D eigenvalue weighted by molar-refractivity contribution is -0.155. The fourth-order valence-electron chi connectivity index (χ4n) is 12.5. The summed E-state index contributed by atoms with van der Waals surface area (Å²) in [5.41, 5.74) is 27.4. The van der Waals surface area contributed by atoms with Gasteiger partial charge in [0, 0.05) is 92.8 Å². The number of hydrogen-bond donors (Lipinski definition) is 8. The number of azide groups is 2. The average molecular weight is 1620 g/mol. The van der Waals surface area contributed by atoms with Crippen molar-refractivity contribution < 1.29 is 71.7 Å². The summed E-state index contributed by atoms with van der Waals surface area (Å²) in [6, 6.07) is 19.0. The van der Waals surface area contributed by atoms with E-state index in [9.17, 15) is 57.5 Å².